The van der Waals surface area contributed by atoms with E-state index < -0.39 is 29.3 Å². The highest BCUT2D eigenvalue weighted by molar-refractivity contribution is 5.88. The van der Waals surface area contributed by atoms with Gasteiger partial charge in [-0.3, -0.25) is 9.69 Å². The molecule has 0 heterocycles. The second kappa shape index (κ2) is 10.6. The van der Waals surface area contributed by atoms with Crippen LogP contribution in [0.2, 0.25) is 0 Å². The number of carbonyl (C=O) groups excluding carboxylic acids is 3. The molecule has 0 aliphatic rings. The largest absolute Gasteiger partial charge is 0.444 e. The molecule has 0 aliphatic heterocycles. The van der Waals surface area contributed by atoms with Crippen molar-refractivity contribution in [3.63, 3.8) is 0 Å². The molecule has 0 bridgehead atoms. The van der Waals surface area contributed by atoms with E-state index in [0.717, 1.165) is 0 Å². The zero-order chi connectivity index (χ0) is 20.4. The van der Waals surface area contributed by atoms with Crippen molar-refractivity contribution in [2.24, 2.45) is 5.73 Å². The maximum atomic E-state index is 12.0. The number of nitrogens with two attached hydrogens (primary N) is 1. The van der Waals surface area contributed by atoms with Gasteiger partial charge in [0.1, 0.15) is 11.2 Å². The van der Waals surface area contributed by atoms with Gasteiger partial charge in [-0.1, -0.05) is 0 Å². The van der Waals surface area contributed by atoms with Crippen molar-refractivity contribution >= 4 is 18.1 Å². The zero-order valence-electron chi connectivity index (χ0n) is 16.5. The Morgan fingerprint density at radius 2 is 1.50 bits per heavy atom. The molecular weight excluding hydrogens is 340 g/mol. The molecule has 0 atom stereocenters. The summed E-state index contributed by atoms with van der Waals surface area (Å²) in [6, 6.07) is 0. The number of amides is 3. The number of hydrogen-bond acceptors (Lipinski definition) is 6. The number of alkyl carbamates (subject to hydrolysis) is 1. The van der Waals surface area contributed by atoms with Gasteiger partial charge < -0.3 is 25.8 Å². The van der Waals surface area contributed by atoms with E-state index in [9.17, 15) is 14.4 Å². The fourth-order valence-corrected chi connectivity index (χ4v) is 1.57. The van der Waals surface area contributed by atoms with E-state index in [0.29, 0.717) is 0 Å². The van der Waals surface area contributed by atoms with E-state index in [4.69, 9.17) is 15.2 Å². The number of rotatable bonds is 7. The fourth-order valence-electron chi connectivity index (χ4n) is 1.57. The maximum absolute atomic E-state index is 12.0. The smallest absolute Gasteiger partial charge is 0.414 e. The third-order valence-corrected chi connectivity index (χ3v) is 2.50. The summed E-state index contributed by atoms with van der Waals surface area (Å²) in [6.45, 7) is 11.4. The topological polar surface area (TPSA) is 123 Å². The molecule has 0 rings (SSSR count). The minimum Gasteiger partial charge on any atom is -0.444 e. The van der Waals surface area contributed by atoms with E-state index in [2.05, 4.69) is 10.6 Å². The summed E-state index contributed by atoms with van der Waals surface area (Å²) < 4.78 is 10.3. The summed E-state index contributed by atoms with van der Waals surface area (Å²) in [7, 11) is 0. The maximum Gasteiger partial charge on any atom is 0.414 e. The van der Waals surface area contributed by atoms with Gasteiger partial charge in [0.05, 0.1) is 0 Å². The lowest BCUT2D eigenvalue weighted by atomic mass is 10.2. The van der Waals surface area contributed by atoms with Crippen LogP contribution in [0.25, 0.3) is 0 Å². The van der Waals surface area contributed by atoms with Crippen LogP contribution in [0.4, 0.5) is 9.59 Å². The van der Waals surface area contributed by atoms with Crippen LogP contribution in [-0.2, 0) is 14.3 Å². The van der Waals surface area contributed by atoms with Crippen molar-refractivity contribution in [2.75, 3.05) is 26.2 Å². The minimum atomic E-state index is -0.645. The zero-order valence-corrected chi connectivity index (χ0v) is 16.5. The molecule has 4 N–H and O–H groups in total. The average molecular weight is 372 g/mol. The molecule has 0 aromatic rings. The molecule has 0 fully saturated rings. The third-order valence-electron chi connectivity index (χ3n) is 2.50. The lowest BCUT2D eigenvalue weighted by Gasteiger charge is -2.24. The molecule has 26 heavy (non-hydrogen) atoms. The Balaban J connectivity index is 4.33. The molecule has 0 radical (unpaired) electrons. The number of nitrogens with one attached hydrogen (secondary N) is 2. The molecule has 0 spiro atoms. The standard InChI is InChI=1S/C17H32N4O5/c1-16(2,3)25-14(23)20-10-9-19-13(22)7-11-21(12-8-18)15(24)26-17(4,5)6/h7,11H,8-10,12,18H2,1-6H3,(H,19,22)(H,20,23)/b11-7-. The van der Waals surface area contributed by atoms with Gasteiger partial charge >= 0.3 is 12.2 Å². The molecule has 0 saturated heterocycles. The first-order valence-electron chi connectivity index (χ1n) is 8.46. The Morgan fingerprint density at radius 3 is 2.00 bits per heavy atom. The Bertz CT molecular complexity index is 506. The summed E-state index contributed by atoms with van der Waals surface area (Å²) in [4.78, 5) is 36.5. The first-order valence-corrected chi connectivity index (χ1v) is 8.46. The van der Waals surface area contributed by atoms with Crippen molar-refractivity contribution in [1.82, 2.24) is 15.5 Å². The van der Waals surface area contributed by atoms with E-state index in [1.54, 1.807) is 41.5 Å². The van der Waals surface area contributed by atoms with Crippen LogP contribution in [0.3, 0.4) is 0 Å². The SMILES string of the molecule is CC(C)(C)OC(=O)NCCNC(=O)/C=C\N(CCN)C(=O)OC(C)(C)C. The van der Waals surface area contributed by atoms with Gasteiger partial charge in [-0.2, -0.15) is 0 Å². The van der Waals surface area contributed by atoms with Gasteiger partial charge in [0.2, 0.25) is 5.91 Å². The molecule has 0 aliphatic carbocycles. The molecule has 0 aromatic heterocycles. The van der Waals surface area contributed by atoms with E-state index in [-0.39, 0.29) is 26.2 Å². The van der Waals surface area contributed by atoms with Crippen molar-refractivity contribution < 1.29 is 23.9 Å². The van der Waals surface area contributed by atoms with E-state index in [1.807, 2.05) is 0 Å². The predicted molar refractivity (Wildman–Crippen MR) is 98.4 cm³/mol. The molecule has 0 aromatic carbocycles. The third kappa shape index (κ3) is 13.1. The lowest BCUT2D eigenvalue weighted by Crippen LogP contribution is -2.38. The summed E-state index contributed by atoms with van der Waals surface area (Å²) in [6.07, 6.45) is 1.38. The molecule has 9 heteroatoms. The van der Waals surface area contributed by atoms with Gasteiger partial charge in [-0.25, -0.2) is 9.59 Å². The summed E-state index contributed by atoms with van der Waals surface area (Å²) in [5, 5.41) is 5.10. The van der Waals surface area contributed by atoms with Crippen LogP contribution in [0, 0.1) is 0 Å². The number of hydrogen-bond donors (Lipinski definition) is 3. The molecule has 0 saturated carbocycles. The molecular formula is C17H32N4O5. The monoisotopic (exact) mass is 372 g/mol. The lowest BCUT2D eigenvalue weighted by molar-refractivity contribution is -0.116. The highest BCUT2D eigenvalue weighted by atomic mass is 16.6. The second-order valence-electron chi connectivity index (χ2n) is 7.50. The Kier molecular flexibility index (Phi) is 9.71. The van der Waals surface area contributed by atoms with Crippen LogP contribution >= 0.6 is 0 Å². The van der Waals surface area contributed by atoms with Crippen LogP contribution in [0.15, 0.2) is 12.3 Å². The van der Waals surface area contributed by atoms with Crippen LogP contribution < -0.4 is 16.4 Å². The first kappa shape index (κ1) is 23.7. The van der Waals surface area contributed by atoms with Crippen molar-refractivity contribution in [2.45, 2.75) is 52.7 Å². The van der Waals surface area contributed by atoms with Gasteiger partial charge in [0, 0.05) is 38.5 Å². The van der Waals surface area contributed by atoms with Crippen LogP contribution in [0.1, 0.15) is 41.5 Å². The van der Waals surface area contributed by atoms with Crippen molar-refractivity contribution in [3.05, 3.63) is 12.3 Å². The van der Waals surface area contributed by atoms with Crippen LogP contribution in [0.5, 0.6) is 0 Å². The summed E-state index contributed by atoms with van der Waals surface area (Å²) >= 11 is 0. The Labute approximate surface area is 155 Å². The predicted octanol–water partition coefficient (Wildman–Crippen LogP) is 1.34. The molecule has 150 valence electrons. The molecule has 0 unspecified atom stereocenters. The molecule has 3 amide bonds. The highest BCUT2D eigenvalue weighted by Crippen LogP contribution is 2.10. The number of carbonyl (C=O) groups is 3. The summed E-state index contributed by atoms with van der Waals surface area (Å²) in [5.41, 5.74) is 4.25. The number of nitrogens with zero attached hydrogens (tertiary/aromatic N) is 1. The fraction of sp³-hybridized carbons (Fsp3) is 0.706. The first-order chi connectivity index (χ1) is 11.8. The van der Waals surface area contributed by atoms with Gasteiger partial charge in [-0.15, -0.1) is 0 Å². The Morgan fingerprint density at radius 1 is 0.962 bits per heavy atom. The normalized spacial score (nSPS) is 11.8. The van der Waals surface area contributed by atoms with Crippen LogP contribution in [-0.4, -0.2) is 60.4 Å². The summed E-state index contributed by atoms with van der Waals surface area (Å²) in [5.74, 6) is -0.415. The van der Waals surface area contributed by atoms with Gasteiger partial charge in [-0.05, 0) is 41.5 Å². The molecule has 9 nitrogen and oxygen atoms in total. The quantitative estimate of drug-likeness (QED) is 0.458. The van der Waals surface area contributed by atoms with Gasteiger partial charge in [0.25, 0.3) is 0 Å². The average Bonchev–Trinajstić information content (AvgIpc) is 2.44. The second-order valence-corrected chi connectivity index (χ2v) is 7.50. The van der Waals surface area contributed by atoms with E-state index >= 15 is 0 Å². The Hall–Kier alpha value is -2.29. The van der Waals surface area contributed by atoms with Crippen molar-refractivity contribution in [3.8, 4) is 0 Å². The highest BCUT2D eigenvalue weighted by Gasteiger charge is 2.20. The van der Waals surface area contributed by atoms with Gasteiger partial charge in [0.15, 0.2) is 0 Å². The minimum absolute atomic E-state index is 0.214. The van der Waals surface area contributed by atoms with E-state index in [1.165, 1.54) is 17.2 Å². The van der Waals surface area contributed by atoms with Crippen molar-refractivity contribution in [1.29, 1.82) is 0 Å². The number of ether oxygens (including phenoxy) is 2.